The molecule has 0 unspecified atom stereocenters. The van der Waals surface area contributed by atoms with Crippen LogP contribution in [0.4, 0.5) is 5.69 Å². The van der Waals surface area contributed by atoms with Crippen LogP contribution in [-0.4, -0.2) is 33.5 Å². The molecule has 164 valence electrons. The lowest BCUT2D eigenvalue weighted by Crippen LogP contribution is -2.15. The molecule has 7 nitrogen and oxygen atoms in total. The second-order valence-electron chi connectivity index (χ2n) is 6.64. The van der Waals surface area contributed by atoms with Crippen LogP contribution in [0.3, 0.4) is 0 Å². The zero-order chi connectivity index (χ0) is 22.5. The Labute approximate surface area is 198 Å². The molecule has 10 heteroatoms. The van der Waals surface area contributed by atoms with E-state index in [0.29, 0.717) is 33.3 Å². The predicted molar refractivity (Wildman–Crippen MR) is 126 cm³/mol. The zero-order valence-corrected chi connectivity index (χ0v) is 19.2. The highest BCUT2D eigenvalue weighted by Crippen LogP contribution is 2.30. The quantitative estimate of drug-likeness (QED) is 0.323. The van der Waals surface area contributed by atoms with E-state index in [0.717, 1.165) is 17.1 Å². The van der Waals surface area contributed by atoms with E-state index in [1.54, 1.807) is 31.6 Å². The second kappa shape index (κ2) is 10.1. The maximum atomic E-state index is 12.5. The number of nitrogens with zero attached hydrogens (tertiary/aromatic N) is 3. The Morgan fingerprint density at radius 2 is 1.94 bits per heavy atom. The molecule has 0 aliphatic rings. The molecular weight excluding hydrogens is 471 g/mol. The number of methoxy groups -OCH3 is 1. The molecular formula is C22H18Cl2N4O3S. The van der Waals surface area contributed by atoms with Gasteiger partial charge in [0.1, 0.15) is 11.5 Å². The SMILES string of the molecule is COc1ccc(-c2nnc(SCC(=O)Nc3cccc(Cl)c3Cl)n2Cc2ccco2)cc1. The highest BCUT2D eigenvalue weighted by atomic mass is 35.5. The minimum absolute atomic E-state index is 0.113. The minimum atomic E-state index is -0.238. The zero-order valence-electron chi connectivity index (χ0n) is 16.9. The number of hydrogen-bond donors (Lipinski definition) is 1. The van der Waals surface area contributed by atoms with Crippen molar-refractivity contribution < 1.29 is 13.9 Å². The van der Waals surface area contributed by atoms with Gasteiger partial charge >= 0.3 is 0 Å². The van der Waals surface area contributed by atoms with Crippen molar-refractivity contribution in [3.63, 3.8) is 0 Å². The van der Waals surface area contributed by atoms with Crippen LogP contribution in [-0.2, 0) is 11.3 Å². The smallest absolute Gasteiger partial charge is 0.234 e. The number of amides is 1. The summed E-state index contributed by atoms with van der Waals surface area (Å²) in [6.45, 7) is 0.422. The number of rotatable bonds is 8. The van der Waals surface area contributed by atoms with Crippen molar-refractivity contribution in [2.75, 3.05) is 18.2 Å². The fraction of sp³-hybridized carbons (Fsp3) is 0.136. The lowest BCUT2D eigenvalue weighted by Gasteiger charge is -2.10. The van der Waals surface area contributed by atoms with Crippen LogP contribution in [0.25, 0.3) is 11.4 Å². The monoisotopic (exact) mass is 488 g/mol. The summed E-state index contributed by atoms with van der Waals surface area (Å²) < 4.78 is 12.6. The van der Waals surface area contributed by atoms with E-state index in [4.69, 9.17) is 32.4 Å². The maximum Gasteiger partial charge on any atom is 0.234 e. The van der Waals surface area contributed by atoms with Gasteiger partial charge in [-0.2, -0.15) is 0 Å². The Morgan fingerprint density at radius 1 is 1.12 bits per heavy atom. The third-order valence-electron chi connectivity index (χ3n) is 4.52. The Balaban J connectivity index is 1.54. The van der Waals surface area contributed by atoms with Gasteiger partial charge < -0.3 is 14.5 Å². The molecule has 0 saturated carbocycles. The summed E-state index contributed by atoms with van der Waals surface area (Å²) in [7, 11) is 1.62. The van der Waals surface area contributed by atoms with Gasteiger partial charge in [0.05, 0.1) is 41.4 Å². The van der Waals surface area contributed by atoms with E-state index in [-0.39, 0.29) is 11.7 Å². The number of thioether (sulfide) groups is 1. The normalized spacial score (nSPS) is 10.8. The molecule has 0 spiro atoms. The molecule has 0 aliphatic carbocycles. The van der Waals surface area contributed by atoms with Crippen molar-refractivity contribution in [2.24, 2.45) is 0 Å². The van der Waals surface area contributed by atoms with Crippen LogP contribution < -0.4 is 10.1 Å². The van der Waals surface area contributed by atoms with Crippen molar-refractivity contribution >= 4 is 46.6 Å². The van der Waals surface area contributed by atoms with Gasteiger partial charge in [-0.25, -0.2) is 0 Å². The van der Waals surface area contributed by atoms with Crippen LogP contribution in [0.15, 0.2) is 70.4 Å². The van der Waals surface area contributed by atoms with Crippen LogP contribution in [0.2, 0.25) is 10.0 Å². The van der Waals surface area contributed by atoms with Gasteiger partial charge in [-0.3, -0.25) is 9.36 Å². The first-order valence-corrected chi connectivity index (χ1v) is 11.3. The molecule has 0 radical (unpaired) electrons. The minimum Gasteiger partial charge on any atom is -0.497 e. The van der Waals surface area contributed by atoms with Crippen molar-refractivity contribution in [3.05, 3.63) is 76.7 Å². The molecule has 4 rings (SSSR count). The molecule has 2 heterocycles. The average Bonchev–Trinajstić information content (AvgIpc) is 3.46. The highest BCUT2D eigenvalue weighted by molar-refractivity contribution is 7.99. The van der Waals surface area contributed by atoms with Crippen molar-refractivity contribution in [1.29, 1.82) is 0 Å². The standard InChI is InChI=1S/C22H18Cl2N4O3S/c1-30-15-9-7-14(8-10-15)21-26-27-22(28(21)12-16-4-3-11-31-16)32-13-19(29)25-18-6-2-5-17(23)20(18)24/h2-11H,12-13H2,1H3,(H,25,29). The van der Waals surface area contributed by atoms with E-state index < -0.39 is 0 Å². The number of nitrogens with one attached hydrogen (secondary N) is 1. The van der Waals surface area contributed by atoms with Gasteiger partial charge in [0.25, 0.3) is 0 Å². The fourth-order valence-electron chi connectivity index (χ4n) is 2.97. The summed E-state index contributed by atoms with van der Waals surface area (Å²) in [6.07, 6.45) is 1.61. The molecule has 0 atom stereocenters. The molecule has 0 saturated heterocycles. The summed E-state index contributed by atoms with van der Waals surface area (Å²) in [5, 5.41) is 12.7. The first kappa shape index (κ1) is 22.3. The lowest BCUT2D eigenvalue weighted by molar-refractivity contribution is -0.113. The van der Waals surface area contributed by atoms with Crippen LogP contribution in [0.1, 0.15) is 5.76 Å². The second-order valence-corrected chi connectivity index (χ2v) is 8.37. The van der Waals surface area contributed by atoms with Gasteiger partial charge in [-0.15, -0.1) is 10.2 Å². The Kier molecular flexibility index (Phi) is 7.04. The fourth-order valence-corrected chi connectivity index (χ4v) is 4.05. The number of hydrogen-bond acceptors (Lipinski definition) is 6. The molecule has 1 amide bonds. The number of carbonyl (C=O) groups is 1. The topological polar surface area (TPSA) is 82.2 Å². The van der Waals surface area contributed by atoms with E-state index in [1.165, 1.54) is 11.8 Å². The highest BCUT2D eigenvalue weighted by Gasteiger charge is 2.18. The summed E-state index contributed by atoms with van der Waals surface area (Å²) in [5.41, 5.74) is 1.33. The van der Waals surface area contributed by atoms with E-state index >= 15 is 0 Å². The van der Waals surface area contributed by atoms with Crippen LogP contribution >= 0.6 is 35.0 Å². The first-order chi connectivity index (χ1) is 15.5. The summed E-state index contributed by atoms with van der Waals surface area (Å²) >= 11 is 13.4. The number of furan rings is 1. The number of benzene rings is 2. The summed E-state index contributed by atoms with van der Waals surface area (Å²) in [4.78, 5) is 12.5. The Bertz CT molecular complexity index is 1210. The molecule has 0 fully saturated rings. The summed E-state index contributed by atoms with van der Waals surface area (Å²) in [5.74, 6) is 2.03. The van der Waals surface area contributed by atoms with E-state index in [2.05, 4.69) is 15.5 Å². The summed E-state index contributed by atoms with van der Waals surface area (Å²) in [6, 6.07) is 16.3. The van der Waals surface area contributed by atoms with Crippen molar-refractivity contribution in [1.82, 2.24) is 14.8 Å². The molecule has 2 aromatic heterocycles. The predicted octanol–water partition coefficient (Wildman–Crippen LogP) is 5.63. The van der Waals surface area contributed by atoms with Crippen molar-refractivity contribution in [2.45, 2.75) is 11.7 Å². The third kappa shape index (κ3) is 5.09. The van der Waals surface area contributed by atoms with Gasteiger partial charge in [0, 0.05) is 5.56 Å². The van der Waals surface area contributed by atoms with Crippen molar-refractivity contribution in [3.8, 4) is 17.1 Å². The lowest BCUT2D eigenvalue weighted by atomic mass is 10.2. The maximum absolute atomic E-state index is 12.5. The molecule has 0 bridgehead atoms. The third-order valence-corrected chi connectivity index (χ3v) is 6.30. The molecule has 32 heavy (non-hydrogen) atoms. The number of anilines is 1. The van der Waals surface area contributed by atoms with Gasteiger partial charge in [-0.1, -0.05) is 41.0 Å². The van der Waals surface area contributed by atoms with E-state index in [1.807, 2.05) is 41.0 Å². The number of ether oxygens (including phenoxy) is 1. The molecule has 2 aromatic carbocycles. The van der Waals surface area contributed by atoms with Gasteiger partial charge in [-0.05, 0) is 48.5 Å². The number of aromatic nitrogens is 3. The molecule has 0 aliphatic heterocycles. The van der Waals surface area contributed by atoms with Gasteiger partial charge in [0.15, 0.2) is 11.0 Å². The molecule has 1 N–H and O–H groups in total. The Morgan fingerprint density at radius 3 is 2.66 bits per heavy atom. The van der Waals surface area contributed by atoms with Crippen LogP contribution in [0, 0.1) is 0 Å². The average molecular weight is 489 g/mol. The van der Waals surface area contributed by atoms with Gasteiger partial charge in [0.2, 0.25) is 5.91 Å². The number of halogens is 2. The largest absolute Gasteiger partial charge is 0.497 e. The van der Waals surface area contributed by atoms with E-state index in [9.17, 15) is 4.79 Å². The Hall–Kier alpha value is -2.94. The number of carbonyl (C=O) groups excluding carboxylic acids is 1. The van der Waals surface area contributed by atoms with Crippen LogP contribution in [0.5, 0.6) is 5.75 Å². The first-order valence-electron chi connectivity index (χ1n) is 9.52. The molecule has 4 aromatic rings.